The summed E-state index contributed by atoms with van der Waals surface area (Å²) in [5, 5.41) is 15.2. The summed E-state index contributed by atoms with van der Waals surface area (Å²) >= 11 is 0. The van der Waals surface area contributed by atoms with Crippen molar-refractivity contribution in [3.8, 4) is 0 Å². The number of amides is 3. The van der Waals surface area contributed by atoms with Crippen molar-refractivity contribution in [2.24, 2.45) is 5.73 Å². The highest BCUT2D eigenvalue weighted by Gasteiger charge is 2.11. The first kappa shape index (κ1) is 18.8. The zero-order valence-corrected chi connectivity index (χ0v) is 14.4. The molecule has 0 aliphatic rings. The molecule has 136 valence electrons. The van der Waals surface area contributed by atoms with Crippen molar-refractivity contribution in [2.45, 2.75) is 13.0 Å². The van der Waals surface area contributed by atoms with Gasteiger partial charge in [0, 0.05) is 16.9 Å². The molecule has 1 unspecified atom stereocenters. The topological polar surface area (TPSA) is 146 Å². The Kier molecular flexibility index (Phi) is 6.15. The summed E-state index contributed by atoms with van der Waals surface area (Å²) in [7, 11) is 0. The van der Waals surface area contributed by atoms with Gasteiger partial charge in [-0.2, -0.15) is 0 Å². The predicted octanol–water partition coefficient (Wildman–Crippen LogP) is 1.55. The van der Waals surface area contributed by atoms with Crippen LogP contribution in [0, 0.1) is 5.41 Å². The van der Waals surface area contributed by atoms with E-state index in [9.17, 15) is 9.59 Å². The molecule has 0 bridgehead atoms. The minimum Gasteiger partial charge on any atom is -0.399 e. The van der Waals surface area contributed by atoms with E-state index < -0.39 is 6.03 Å². The van der Waals surface area contributed by atoms with Crippen molar-refractivity contribution in [3.05, 3.63) is 59.7 Å². The largest absolute Gasteiger partial charge is 0.399 e. The van der Waals surface area contributed by atoms with Gasteiger partial charge in [0.1, 0.15) is 5.84 Å². The van der Waals surface area contributed by atoms with Crippen molar-refractivity contribution >= 4 is 29.1 Å². The number of nitrogens with one attached hydrogen (secondary N) is 4. The molecule has 1 atom stereocenters. The maximum atomic E-state index is 12.0. The lowest BCUT2D eigenvalue weighted by molar-refractivity contribution is -0.120. The Hall–Kier alpha value is -3.55. The number of urea groups is 1. The summed E-state index contributed by atoms with van der Waals surface area (Å²) in [6.45, 7) is 1.69. The van der Waals surface area contributed by atoms with Crippen LogP contribution in [-0.4, -0.2) is 24.3 Å². The van der Waals surface area contributed by atoms with Crippen molar-refractivity contribution < 1.29 is 9.59 Å². The molecule has 0 aliphatic carbocycles. The molecule has 2 aromatic rings. The van der Waals surface area contributed by atoms with Gasteiger partial charge in [0.15, 0.2) is 0 Å². The SMILES string of the molecule is CC(NC(=O)CNC(=O)Nc1ccc(C(=N)N)cc1)c1ccc(N)cc1. The lowest BCUT2D eigenvalue weighted by atomic mass is 10.1. The molecule has 8 N–H and O–H groups in total. The number of amidine groups is 1. The molecule has 0 heterocycles. The Bertz CT molecular complexity index is 786. The average molecular weight is 354 g/mol. The van der Waals surface area contributed by atoms with Gasteiger partial charge in [-0.05, 0) is 48.9 Å². The van der Waals surface area contributed by atoms with E-state index in [1.807, 2.05) is 19.1 Å². The summed E-state index contributed by atoms with van der Waals surface area (Å²) in [5.74, 6) is -0.357. The summed E-state index contributed by atoms with van der Waals surface area (Å²) in [5.41, 5.74) is 13.7. The molecule has 0 aliphatic heterocycles. The lowest BCUT2D eigenvalue weighted by Crippen LogP contribution is -2.39. The van der Waals surface area contributed by atoms with Crippen LogP contribution in [0.2, 0.25) is 0 Å². The van der Waals surface area contributed by atoms with Crippen LogP contribution < -0.4 is 27.4 Å². The molecule has 0 radical (unpaired) electrons. The molecular formula is C18H22N6O2. The van der Waals surface area contributed by atoms with Gasteiger partial charge < -0.3 is 27.4 Å². The number of carbonyl (C=O) groups is 2. The maximum absolute atomic E-state index is 12.0. The first-order valence-corrected chi connectivity index (χ1v) is 7.99. The molecule has 0 aromatic heterocycles. The maximum Gasteiger partial charge on any atom is 0.319 e. The van der Waals surface area contributed by atoms with Crippen LogP contribution in [0.5, 0.6) is 0 Å². The van der Waals surface area contributed by atoms with E-state index in [1.165, 1.54) is 0 Å². The van der Waals surface area contributed by atoms with E-state index in [4.69, 9.17) is 16.9 Å². The van der Waals surface area contributed by atoms with E-state index in [0.717, 1.165) is 5.56 Å². The summed E-state index contributed by atoms with van der Waals surface area (Å²) in [4.78, 5) is 23.8. The Morgan fingerprint density at radius 2 is 1.69 bits per heavy atom. The minimum absolute atomic E-state index is 0.0482. The van der Waals surface area contributed by atoms with Crippen molar-refractivity contribution in [3.63, 3.8) is 0 Å². The smallest absolute Gasteiger partial charge is 0.319 e. The van der Waals surface area contributed by atoms with Gasteiger partial charge in [-0.15, -0.1) is 0 Å². The number of hydrogen-bond donors (Lipinski definition) is 6. The van der Waals surface area contributed by atoms with Gasteiger partial charge in [0.2, 0.25) is 5.91 Å². The van der Waals surface area contributed by atoms with Crippen molar-refractivity contribution in [1.82, 2.24) is 10.6 Å². The van der Waals surface area contributed by atoms with Gasteiger partial charge in [0.25, 0.3) is 0 Å². The van der Waals surface area contributed by atoms with Crippen LogP contribution in [0.15, 0.2) is 48.5 Å². The molecule has 0 saturated carbocycles. The van der Waals surface area contributed by atoms with Crippen LogP contribution >= 0.6 is 0 Å². The lowest BCUT2D eigenvalue weighted by Gasteiger charge is -2.15. The quantitative estimate of drug-likeness (QED) is 0.265. The first-order chi connectivity index (χ1) is 12.3. The highest BCUT2D eigenvalue weighted by molar-refractivity contribution is 5.96. The third-order valence-electron chi connectivity index (χ3n) is 3.68. The van der Waals surface area contributed by atoms with E-state index in [2.05, 4.69) is 16.0 Å². The van der Waals surface area contributed by atoms with E-state index in [-0.39, 0.29) is 24.3 Å². The van der Waals surface area contributed by atoms with Crippen molar-refractivity contribution in [1.29, 1.82) is 5.41 Å². The zero-order chi connectivity index (χ0) is 19.1. The van der Waals surface area contributed by atoms with E-state index in [1.54, 1.807) is 36.4 Å². The number of nitrogen functional groups attached to an aromatic ring is 2. The van der Waals surface area contributed by atoms with Gasteiger partial charge in [0.05, 0.1) is 12.6 Å². The second-order valence-electron chi connectivity index (χ2n) is 5.75. The molecular weight excluding hydrogens is 332 g/mol. The van der Waals surface area contributed by atoms with Gasteiger partial charge in [-0.1, -0.05) is 12.1 Å². The zero-order valence-electron chi connectivity index (χ0n) is 14.4. The molecule has 0 saturated heterocycles. The fourth-order valence-corrected chi connectivity index (χ4v) is 2.23. The molecule has 8 heteroatoms. The van der Waals surface area contributed by atoms with Crippen molar-refractivity contribution in [2.75, 3.05) is 17.6 Å². The average Bonchev–Trinajstić information content (AvgIpc) is 2.61. The fraction of sp³-hybridized carbons (Fsp3) is 0.167. The van der Waals surface area contributed by atoms with Crippen LogP contribution in [0.3, 0.4) is 0 Å². The van der Waals surface area contributed by atoms with E-state index in [0.29, 0.717) is 16.9 Å². The summed E-state index contributed by atoms with van der Waals surface area (Å²) in [6, 6.07) is 13.0. The van der Waals surface area contributed by atoms with Gasteiger partial charge in [-0.3, -0.25) is 10.2 Å². The molecule has 0 spiro atoms. The number of hydrogen-bond acceptors (Lipinski definition) is 4. The van der Waals surface area contributed by atoms with Gasteiger partial charge >= 0.3 is 6.03 Å². The third kappa shape index (κ3) is 5.52. The Labute approximate surface area is 151 Å². The summed E-state index contributed by atoms with van der Waals surface area (Å²) < 4.78 is 0. The van der Waals surface area contributed by atoms with Crippen LogP contribution in [0.25, 0.3) is 0 Å². The molecule has 0 fully saturated rings. The minimum atomic E-state index is -0.504. The highest BCUT2D eigenvalue weighted by Crippen LogP contribution is 2.14. The normalized spacial score (nSPS) is 11.3. The number of nitrogens with two attached hydrogens (primary N) is 2. The molecule has 2 aromatic carbocycles. The van der Waals surface area contributed by atoms with E-state index >= 15 is 0 Å². The third-order valence-corrected chi connectivity index (χ3v) is 3.68. The standard InChI is InChI=1S/C18H22N6O2/c1-11(12-2-6-14(19)7-3-12)23-16(25)10-22-18(26)24-15-8-4-13(5-9-15)17(20)21/h2-9,11H,10,19H2,1H3,(H3,20,21)(H,23,25)(H2,22,24,26). The van der Waals surface area contributed by atoms with Gasteiger partial charge in [-0.25, -0.2) is 4.79 Å². The van der Waals surface area contributed by atoms with Crippen LogP contribution in [0.1, 0.15) is 24.1 Å². The number of anilines is 2. The molecule has 3 amide bonds. The molecule has 2 rings (SSSR count). The number of benzene rings is 2. The predicted molar refractivity (Wildman–Crippen MR) is 102 cm³/mol. The van der Waals surface area contributed by atoms with Crippen LogP contribution in [0.4, 0.5) is 16.2 Å². The second-order valence-corrected chi connectivity index (χ2v) is 5.75. The van der Waals surface area contributed by atoms with Crippen LogP contribution in [-0.2, 0) is 4.79 Å². The Morgan fingerprint density at radius 1 is 1.08 bits per heavy atom. The fourth-order valence-electron chi connectivity index (χ4n) is 2.23. The number of carbonyl (C=O) groups excluding carboxylic acids is 2. The molecule has 26 heavy (non-hydrogen) atoms. The monoisotopic (exact) mass is 354 g/mol. The number of rotatable bonds is 6. The highest BCUT2D eigenvalue weighted by atomic mass is 16.2. The molecule has 8 nitrogen and oxygen atoms in total. The Balaban J connectivity index is 1.78. The second kappa shape index (κ2) is 8.52. The Morgan fingerprint density at radius 3 is 2.27 bits per heavy atom. The first-order valence-electron chi connectivity index (χ1n) is 7.99. The summed E-state index contributed by atoms with van der Waals surface area (Å²) in [6.07, 6.45) is 0.